The molecule has 0 radical (unpaired) electrons. The monoisotopic (exact) mass is 449 g/mol. The van der Waals surface area contributed by atoms with Gasteiger partial charge in [0.15, 0.2) is 5.96 Å². The summed E-state index contributed by atoms with van der Waals surface area (Å²) in [6, 6.07) is 8.39. The predicted octanol–water partition coefficient (Wildman–Crippen LogP) is 3.32. The highest BCUT2D eigenvalue weighted by Crippen LogP contribution is 2.08. The van der Waals surface area contributed by atoms with Crippen LogP contribution in [0.3, 0.4) is 0 Å². The Morgan fingerprint density at radius 3 is 2.46 bits per heavy atom. The molecule has 0 amide bonds. The summed E-state index contributed by atoms with van der Waals surface area (Å²) in [5.74, 6) is 0.763. The van der Waals surface area contributed by atoms with Gasteiger partial charge in [0, 0.05) is 27.2 Å². The van der Waals surface area contributed by atoms with Crippen molar-refractivity contribution in [2.75, 3.05) is 20.7 Å². The average Bonchev–Trinajstić information content (AvgIpc) is 2.53. The summed E-state index contributed by atoms with van der Waals surface area (Å²) in [5, 5.41) is 6.59. The van der Waals surface area contributed by atoms with Crippen molar-refractivity contribution < 1.29 is 9.47 Å². The van der Waals surface area contributed by atoms with Crippen molar-refractivity contribution in [2.45, 2.75) is 52.6 Å². The van der Waals surface area contributed by atoms with E-state index >= 15 is 0 Å². The zero-order valence-electron chi connectivity index (χ0n) is 15.7. The average molecular weight is 449 g/mol. The van der Waals surface area contributed by atoms with E-state index < -0.39 is 0 Å². The molecule has 0 fully saturated rings. The van der Waals surface area contributed by atoms with Crippen LogP contribution in [-0.2, 0) is 22.6 Å². The summed E-state index contributed by atoms with van der Waals surface area (Å²) in [6.07, 6.45) is 0.240. The van der Waals surface area contributed by atoms with Gasteiger partial charge in [0.2, 0.25) is 0 Å². The van der Waals surface area contributed by atoms with E-state index in [1.165, 1.54) is 11.1 Å². The highest BCUT2D eigenvalue weighted by Gasteiger charge is 2.16. The Morgan fingerprint density at radius 1 is 1.21 bits per heavy atom. The number of ether oxygens (including phenoxy) is 2. The molecule has 24 heavy (non-hydrogen) atoms. The molecule has 0 atom stereocenters. The van der Waals surface area contributed by atoms with Crippen LogP contribution in [0.4, 0.5) is 0 Å². The third-order valence-corrected chi connectivity index (χ3v) is 3.49. The maximum Gasteiger partial charge on any atom is 0.191 e. The normalized spacial score (nSPS) is 12.0. The van der Waals surface area contributed by atoms with Crippen molar-refractivity contribution in [3.63, 3.8) is 0 Å². The quantitative estimate of drug-likeness (QED) is 0.363. The van der Waals surface area contributed by atoms with Crippen molar-refractivity contribution >= 4 is 29.9 Å². The number of hydrogen-bond acceptors (Lipinski definition) is 3. The number of benzene rings is 1. The Bertz CT molecular complexity index is 505. The van der Waals surface area contributed by atoms with E-state index in [1.807, 2.05) is 27.7 Å². The Hall–Kier alpha value is -0.860. The number of guanidine groups is 1. The fourth-order valence-electron chi connectivity index (χ4n) is 1.87. The van der Waals surface area contributed by atoms with E-state index in [9.17, 15) is 0 Å². The van der Waals surface area contributed by atoms with Gasteiger partial charge >= 0.3 is 0 Å². The van der Waals surface area contributed by atoms with Crippen LogP contribution < -0.4 is 10.6 Å². The van der Waals surface area contributed by atoms with Gasteiger partial charge in [0.25, 0.3) is 0 Å². The lowest BCUT2D eigenvalue weighted by Crippen LogP contribution is -2.45. The molecular formula is C18H32IN3O2. The molecule has 1 rings (SSSR count). The van der Waals surface area contributed by atoms with Crippen molar-refractivity contribution in [3.05, 3.63) is 35.4 Å². The summed E-state index contributed by atoms with van der Waals surface area (Å²) in [4.78, 5) is 4.24. The summed E-state index contributed by atoms with van der Waals surface area (Å²) in [5.41, 5.74) is 2.15. The molecule has 6 heteroatoms. The van der Waals surface area contributed by atoms with Crippen LogP contribution in [0, 0.1) is 0 Å². The van der Waals surface area contributed by atoms with E-state index in [4.69, 9.17) is 9.47 Å². The molecule has 0 aliphatic rings. The van der Waals surface area contributed by atoms with Gasteiger partial charge in [-0.2, -0.15) is 0 Å². The van der Waals surface area contributed by atoms with Gasteiger partial charge in [-0.15, -0.1) is 24.0 Å². The van der Waals surface area contributed by atoms with Crippen LogP contribution in [0.1, 0.15) is 38.8 Å². The molecule has 0 aromatic heterocycles. The van der Waals surface area contributed by atoms with Crippen LogP contribution in [0.5, 0.6) is 0 Å². The number of halogens is 1. The third-order valence-electron chi connectivity index (χ3n) is 3.49. The smallest absolute Gasteiger partial charge is 0.191 e. The second-order valence-corrected chi connectivity index (χ2v) is 6.42. The maximum absolute atomic E-state index is 5.65. The van der Waals surface area contributed by atoms with Gasteiger partial charge in [-0.25, -0.2) is 0 Å². The van der Waals surface area contributed by atoms with Gasteiger partial charge in [-0.05, 0) is 38.8 Å². The second kappa shape index (κ2) is 11.7. The molecule has 0 heterocycles. The molecule has 0 unspecified atom stereocenters. The maximum atomic E-state index is 5.65. The summed E-state index contributed by atoms with van der Waals surface area (Å²) in [7, 11) is 3.48. The number of methoxy groups -OCH3 is 1. The van der Waals surface area contributed by atoms with Crippen LogP contribution in [0.2, 0.25) is 0 Å². The first kappa shape index (κ1) is 23.1. The summed E-state index contributed by atoms with van der Waals surface area (Å²) < 4.78 is 11.0. The van der Waals surface area contributed by atoms with E-state index in [0.717, 1.165) is 5.96 Å². The highest BCUT2D eigenvalue weighted by atomic mass is 127. The minimum absolute atomic E-state index is 0. The lowest BCUT2D eigenvalue weighted by atomic mass is 10.1. The Labute approximate surface area is 163 Å². The molecule has 0 spiro atoms. The molecule has 2 N–H and O–H groups in total. The van der Waals surface area contributed by atoms with Gasteiger partial charge in [-0.3, -0.25) is 4.99 Å². The lowest BCUT2D eigenvalue weighted by Gasteiger charge is -2.24. The number of aliphatic imine (C=N–C) groups is 1. The van der Waals surface area contributed by atoms with Gasteiger partial charge in [0.1, 0.15) is 0 Å². The number of hydrogen-bond donors (Lipinski definition) is 2. The molecule has 0 saturated carbocycles. The summed E-state index contributed by atoms with van der Waals surface area (Å²) >= 11 is 0. The highest BCUT2D eigenvalue weighted by molar-refractivity contribution is 14.0. The van der Waals surface area contributed by atoms with E-state index in [2.05, 4.69) is 39.9 Å². The molecule has 0 bridgehead atoms. The lowest BCUT2D eigenvalue weighted by molar-refractivity contribution is 0.0268. The number of nitrogens with zero attached hydrogens (tertiary/aromatic N) is 1. The van der Waals surface area contributed by atoms with E-state index in [-0.39, 0.29) is 35.7 Å². The van der Waals surface area contributed by atoms with Crippen molar-refractivity contribution in [2.24, 2.45) is 4.99 Å². The first-order valence-corrected chi connectivity index (χ1v) is 8.05. The molecule has 5 nitrogen and oxygen atoms in total. The van der Waals surface area contributed by atoms with Gasteiger partial charge < -0.3 is 20.1 Å². The second-order valence-electron chi connectivity index (χ2n) is 6.42. The minimum Gasteiger partial charge on any atom is -0.377 e. The minimum atomic E-state index is -0.230. The molecule has 138 valence electrons. The zero-order chi connectivity index (χ0) is 17.3. The molecule has 0 saturated heterocycles. The van der Waals surface area contributed by atoms with E-state index in [0.29, 0.717) is 19.7 Å². The number of nitrogens with one attached hydrogen (secondary N) is 2. The van der Waals surface area contributed by atoms with Gasteiger partial charge in [0.05, 0.1) is 18.3 Å². The largest absolute Gasteiger partial charge is 0.377 e. The van der Waals surface area contributed by atoms with Crippen molar-refractivity contribution in [1.82, 2.24) is 10.6 Å². The van der Waals surface area contributed by atoms with Crippen LogP contribution >= 0.6 is 24.0 Å². The van der Waals surface area contributed by atoms with Crippen molar-refractivity contribution in [1.29, 1.82) is 0 Å². The fraction of sp³-hybridized carbons (Fsp3) is 0.611. The fourth-order valence-corrected chi connectivity index (χ4v) is 1.87. The molecule has 1 aromatic carbocycles. The van der Waals surface area contributed by atoms with Crippen molar-refractivity contribution in [3.8, 4) is 0 Å². The van der Waals surface area contributed by atoms with E-state index in [1.54, 1.807) is 14.2 Å². The standard InChI is InChI=1S/C18H31N3O2.HI/c1-14(2)23-12-16-9-7-8-15(10-16)11-20-17(19-5)21-13-18(3,4)22-6;/h7-10,14H,11-13H2,1-6H3,(H2,19,20,21);1H. The Kier molecular flexibility index (Phi) is 11.2. The van der Waals surface area contributed by atoms with Crippen LogP contribution in [-0.4, -0.2) is 38.4 Å². The Morgan fingerprint density at radius 2 is 1.88 bits per heavy atom. The molecular weight excluding hydrogens is 417 g/mol. The SMILES string of the molecule is CN=C(NCc1cccc(COC(C)C)c1)NCC(C)(C)OC.I. The molecule has 1 aromatic rings. The van der Waals surface area contributed by atoms with Crippen LogP contribution in [0.15, 0.2) is 29.3 Å². The third kappa shape index (κ3) is 9.44. The summed E-state index contributed by atoms with van der Waals surface area (Å²) in [6.45, 7) is 10.2. The predicted molar refractivity (Wildman–Crippen MR) is 111 cm³/mol. The zero-order valence-corrected chi connectivity index (χ0v) is 18.0. The van der Waals surface area contributed by atoms with Gasteiger partial charge in [-0.1, -0.05) is 24.3 Å². The first-order valence-electron chi connectivity index (χ1n) is 8.05. The topological polar surface area (TPSA) is 54.9 Å². The first-order chi connectivity index (χ1) is 10.9. The number of rotatable bonds is 8. The molecule has 0 aliphatic carbocycles. The molecule has 0 aliphatic heterocycles. The Balaban J connectivity index is 0.00000529. The van der Waals surface area contributed by atoms with Crippen LogP contribution in [0.25, 0.3) is 0 Å².